The molecule has 0 amide bonds. The van der Waals surface area contributed by atoms with Gasteiger partial charge in [-0.2, -0.15) is 4.98 Å². The van der Waals surface area contributed by atoms with Crippen LogP contribution < -0.4 is 24.4 Å². The van der Waals surface area contributed by atoms with Gasteiger partial charge in [-0.1, -0.05) is 0 Å². The Balaban J connectivity index is 1.35. The maximum absolute atomic E-state index is 9.99. The molecule has 0 radical (unpaired) electrons. The maximum Gasteiger partial charge on any atom is 0.245 e. The lowest BCUT2D eigenvalue weighted by molar-refractivity contribution is 0.0334. The number of aromatic nitrogens is 5. The van der Waals surface area contributed by atoms with Crippen LogP contribution in [-0.4, -0.2) is 101 Å². The second kappa shape index (κ2) is 11.8. The van der Waals surface area contributed by atoms with Crippen LogP contribution in [0, 0.1) is 0 Å². The molecule has 41 heavy (non-hydrogen) atoms. The number of anilines is 3. The number of ether oxygens (including phenoxy) is 4. The molecule has 13 heteroatoms. The largest absolute Gasteiger partial charge is 0.493 e. The molecule has 2 aliphatic heterocycles. The lowest BCUT2D eigenvalue weighted by Gasteiger charge is -2.26. The number of benzene rings is 1. The van der Waals surface area contributed by atoms with E-state index in [2.05, 4.69) is 26.2 Å². The minimum atomic E-state index is -0.00204. The zero-order valence-electron chi connectivity index (χ0n) is 23.6. The Labute approximate surface area is 238 Å². The molecule has 2 aliphatic rings. The Morgan fingerprint density at radius 2 is 1.83 bits per heavy atom. The van der Waals surface area contributed by atoms with Gasteiger partial charge in [-0.3, -0.25) is 4.90 Å². The predicted molar refractivity (Wildman–Crippen MR) is 153 cm³/mol. The zero-order chi connectivity index (χ0) is 28.3. The van der Waals surface area contributed by atoms with Crippen LogP contribution >= 0.6 is 0 Å². The van der Waals surface area contributed by atoms with Crippen LogP contribution in [0.4, 0.5) is 17.6 Å². The smallest absolute Gasteiger partial charge is 0.245 e. The molecule has 1 aromatic carbocycles. The van der Waals surface area contributed by atoms with Gasteiger partial charge in [-0.25, -0.2) is 9.50 Å². The van der Waals surface area contributed by atoms with Crippen LogP contribution in [0.5, 0.6) is 17.2 Å². The van der Waals surface area contributed by atoms with E-state index in [1.165, 1.54) is 0 Å². The van der Waals surface area contributed by atoms with Crippen molar-refractivity contribution in [2.45, 2.75) is 25.4 Å². The van der Waals surface area contributed by atoms with Crippen LogP contribution in [0.25, 0.3) is 11.2 Å². The van der Waals surface area contributed by atoms with Crippen LogP contribution in [0.2, 0.25) is 0 Å². The van der Waals surface area contributed by atoms with Crippen molar-refractivity contribution in [1.29, 1.82) is 0 Å². The van der Waals surface area contributed by atoms with Gasteiger partial charge in [0.1, 0.15) is 17.7 Å². The summed E-state index contributed by atoms with van der Waals surface area (Å²) in [5.41, 5.74) is 2.71. The lowest BCUT2D eigenvalue weighted by atomic mass is 10.2. The summed E-state index contributed by atoms with van der Waals surface area (Å²) in [5.74, 6) is 3.47. The van der Waals surface area contributed by atoms with Crippen LogP contribution in [0.1, 0.15) is 18.5 Å². The zero-order valence-corrected chi connectivity index (χ0v) is 23.6. The van der Waals surface area contributed by atoms with Crippen molar-refractivity contribution in [2.24, 2.45) is 0 Å². The molecule has 1 atom stereocenters. The fourth-order valence-corrected chi connectivity index (χ4v) is 5.51. The molecule has 4 aromatic rings. The first-order valence-electron chi connectivity index (χ1n) is 13.8. The number of nitrogens with one attached hydrogen (secondary N) is 1. The number of aliphatic hydroxyl groups excluding tert-OH is 1. The maximum atomic E-state index is 9.99. The molecular formula is C28H36N8O5. The molecule has 3 aromatic heterocycles. The average Bonchev–Trinajstić information content (AvgIpc) is 3.77. The minimum absolute atomic E-state index is 0.00204. The third kappa shape index (κ3) is 5.35. The quantitative estimate of drug-likeness (QED) is 0.295. The third-order valence-electron chi connectivity index (χ3n) is 7.69. The number of aliphatic hydroxyl groups is 1. The molecule has 218 valence electrons. The summed E-state index contributed by atoms with van der Waals surface area (Å²) in [6, 6.07) is 7.85. The number of hydrogen-bond acceptors (Lipinski definition) is 11. The van der Waals surface area contributed by atoms with Crippen molar-refractivity contribution < 1.29 is 24.1 Å². The molecule has 0 bridgehead atoms. The van der Waals surface area contributed by atoms with E-state index < -0.39 is 0 Å². The number of nitrogens with zero attached hydrogens (tertiary/aromatic N) is 7. The highest BCUT2D eigenvalue weighted by atomic mass is 16.5. The molecule has 2 saturated heterocycles. The molecule has 0 spiro atoms. The molecular weight excluding hydrogens is 528 g/mol. The Morgan fingerprint density at radius 3 is 2.54 bits per heavy atom. The van der Waals surface area contributed by atoms with E-state index in [1.807, 2.05) is 33.5 Å². The van der Waals surface area contributed by atoms with Crippen LogP contribution in [0.3, 0.4) is 0 Å². The highest BCUT2D eigenvalue weighted by molar-refractivity contribution is 5.74. The van der Waals surface area contributed by atoms with E-state index in [-0.39, 0.29) is 12.6 Å². The third-order valence-corrected chi connectivity index (χ3v) is 7.69. The topological polar surface area (TPSA) is 124 Å². The summed E-state index contributed by atoms with van der Waals surface area (Å²) in [5, 5.41) is 18.4. The highest BCUT2D eigenvalue weighted by Crippen LogP contribution is 2.39. The van der Waals surface area contributed by atoms with Crippen molar-refractivity contribution in [3.05, 3.63) is 42.5 Å². The van der Waals surface area contributed by atoms with Crippen LogP contribution in [0.15, 0.2) is 36.8 Å². The monoisotopic (exact) mass is 564 g/mol. The first kappa shape index (κ1) is 27.1. The standard InChI is InChI=1S/C28H36N8O5/c1-38-23-13-21(14-24(39-2)26(23)40-3)34-16-25(29-18-34)30-27-22-7-6-19(15-33-9-11-41-12-10-33)36(22)32-28(31-27)35-8-4-5-20(35)17-37/h6-7,13-14,16,18,20,37H,4-5,8-12,15,17H2,1-3H3,(H,30,31,32)/t20-/m0/s1. The SMILES string of the molecule is COc1cc(-n2cnc(Nc3nc(N4CCC[C@H]4CO)nn4c(CN5CCOCC5)ccc34)c2)cc(OC)c1OC. The molecule has 0 saturated carbocycles. The fraction of sp³-hybridized carbons (Fsp3) is 0.464. The molecule has 5 heterocycles. The van der Waals surface area contributed by atoms with Crippen molar-refractivity contribution in [1.82, 2.24) is 29.0 Å². The molecule has 0 unspecified atom stereocenters. The first-order valence-corrected chi connectivity index (χ1v) is 13.8. The molecule has 2 fully saturated rings. The molecule has 0 aliphatic carbocycles. The minimum Gasteiger partial charge on any atom is -0.493 e. The van der Waals surface area contributed by atoms with Gasteiger partial charge in [0.15, 0.2) is 17.3 Å². The van der Waals surface area contributed by atoms with E-state index in [0.717, 1.165) is 69.1 Å². The van der Waals surface area contributed by atoms with Gasteiger partial charge in [0, 0.05) is 38.3 Å². The Hall–Kier alpha value is -4.07. The van der Waals surface area contributed by atoms with Gasteiger partial charge in [0.05, 0.1) is 64.8 Å². The van der Waals surface area contributed by atoms with E-state index in [4.69, 9.17) is 29.0 Å². The van der Waals surface area contributed by atoms with Crippen LogP contribution in [-0.2, 0) is 11.3 Å². The van der Waals surface area contributed by atoms with E-state index in [0.29, 0.717) is 34.8 Å². The van der Waals surface area contributed by atoms with E-state index in [1.54, 1.807) is 27.7 Å². The number of imidazole rings is 1. The average molecular weight is 565 g/mol. The number of fused-ring (bicyclic) bond motifs is 1. The summed E-state index contributed by atoms with van der Waals surface area (Å²) in [7, 11) is 4.76. The second-order valence-electron chi connectivity index (χ2n) is 10.1. The summed E-state index contributed by atoms with van der Waals surface area (Å²) in [4.78, 5) is 14.0. The number of methoxy groups -OCH3 is 3. The molecule has 2 N–H and O–H groups in total. The Kier molecular flexibility index (Phi) is 7.81. The lowest BCUT2D eigenvalue weighted by Crippen LogP contribution is -2.36. The normalized spacial score (nSPS) is 17.8. The second-order valence-corrected chi connectivity index (χ2v) is 10.1. The van der Waals surface area contributed by atoms with Gasteiger partial charge >= 0.3 is 0 Å². The number of morpholine rings is 1. The number of rotatable bonds is 10. The highest BCUT2D eigenvalue weighted by Gasteiger charge is 2.28. The van der Waals surface area contributed by atoms with E-state index in [9.17, 15) is 5.11 Å². The predicted octanol–water partition coefficient (Wildman–Crippen LogP) is 2.48. The van der Waals surface area contributed by atoms with Gasteiger partial charge < -0.3 is 38.8 Å². The number of hydrogen-bond donors (Lipinski definition) is 2. The van der Waals surface area contributed by atoms with Gasteiger partial charge in [-0.15, -0.1) is 5.10 Å². The molecule has 13 nitrogen and oxygen atoms in total. The van der Waals surface area contributed by atoms with Crippen molar-refractivity contribution >= 4 is 23.1 Å². The van der Waals surface area contributed by atoms with Crippen molar-refractivity contribution in [3.8, 4) is 22.9 Å². The summed E-state index contributed by atoms with van der Waals surface area (Å²) in [6.45, 7) is 4.85. The van der Waals surface area contributed by atoms with Crippen molar-refractivity contribution in [2.75, 3.05) is 71.0 Å². The van der Waals surface area contributed by atoms with Gasteiger partial charge in [0.25, 0.3) is 0 Å². The Morgan fingerprint density at radius 1 is 1.05 bits per heavy atom. The summed E-state index contributed by atoms with van der Waals surface area (Å²) < 4.78 is 25.9. The van der Waals surface area contributed by atoms with Crippen molar-refractivity contribution in [3.63, 3.8) is 0 Å². The summed E-state index contributed by atoms with van der Waals surface area (Å²) >= 11 is 0. The van der Waals surface area contributed by atoms with Gasteiger partial charge in [0.2, 0.25) is 11.7 Å². The molecule has 6 rings (SSSR count). The van der Waals surface area contributed by atoms with E-state index >= 15 is 0 Å². The fourth-order valence-electron chi connectivity index (χ4n) is 5.51. The summed E-state index contributed by atoms with van der Waals surface area (Å²) in [6.07, 6.45) is 5.49. The first-order chi connectivity index (χ1) is 20.1. The van der Waals surface area contributed by atoms with Gasteiger partial charge in [-0.05, 0) is 25.0 Å². The Bertz CT molecular complexity index is 1470.